The van der Waals surface area contributed by atoms with Crippen molar-refractivity contribution in [3.8, 4) is 0 Å². The van der Waals surface area contributed by atoms with Crippen LogP contribution >= 0.6 is 11.6 Å². The number of aliphatic carboxylic acids is 1. The van der Waals surface area contributed by atoms with Crippen LogP contribution in [0.5, 0.6) is 0 Å². The lowest BCUT2D eigenvalue weighted by molar-refractivity contribution is -0.137. The van der Waals surface area contributed by atoms with Crippen molar-refractivity contribution in [3.05, 3.63) is 29.0 Å². The highest BCUT2D eigenvalue weighted by molar-refractivity contribution is 6.29. The summed E-state index contributed by atoms with van der Waals surface area (Å²) in [5.41, 5.74) is 0.522. The summed E-state index contributed by atoms with van der Waals surface area (Å²) in [6.07, 6.45) is 4.16. The van der Waals surface area contributed by atoms with Crippen LogP contribution in [0, 0.1) is 5.92 Å². The summed E-state index contributed by atoms with van der Waals surface area (Å²) in [6.45, 7) is 1.33. The van der Waals surface area contributed by atoms with E-state index < -0.39 is 5.97 Å². The van der Waals surface area contributed by atoms with Gasteiger partial charge in [-0.15, -0.1) is 0 Å². The lowest BCUT2D eigenvalue weighted by Gasteiger charge is -2.32. The van der Waals surface area contributed by atoms with E-state index >= 15 is 0 Å². The van der Waals surface area contributed by atoms with E-state index in [1.165, 1.54) is 6.20 Å². The molecule has 1 aromatic rings. The molecule has 1 atom stereocenters. The monoisotopic (exact) mass is 296 g/mol. The number of amides is 1. The normalized spacial score (nSPS) is 18.9. The number of nitrogens with zero attached hydrogens (tertiary/aromatic N) is 2. The summed E-state index contributed by atoms with van der Waals surface area (Å²) < 4.78 is 0. The fourth-order valence-corrected chi connectivity index (χ4v) is 2.61. The molecule has 5 nitrogen and oxygen atoms in total. The molecule has 2 rings (SSSR count). The van der Waals surface area contributed by atoms with Gasteiger partial charge in [-0.1, -0.05) is 11.6 Å². The Morgan fingerprint density at radius 2 is 2.25 bits per heavy atom. The quantitative estimate of drug-likeness (QED) is 0.866. The topological polar surface area (TPSA) is 70.5 Å². The Labute approximate surface area is 122 Å². The molecule has 1 aliphatic heterocycles. The van der Waals surface area contributed by atoms with E-state index in [1.807, 2.05) is 0 Å². The standard InChI is InChI=1S/C14H17ClN2O3/c15-12-5-4-11(8-16-12)14(20)17-7-1-2-10(9-17)3-6-13(18)19/h4-5,8,10H,1-3,6-7,9H2,(H,18,19). The Morgan fingerprint density at radius 3 is 2.90 bits per heavy atom. The van der Waals surface area contributed by atoms with Gasteiger partial charge in [0.15, 0.2) is 0 Å². The second-order valence-corrected chi connectivity index (χ2v) is 5.45. The Hall–Kier alpha value is -1.62. The number of piperidine rings is 1. The fourth-order valence-electron chi connectivity index (χ4n) is 2.50. The molecule has 108 valence electrons. The van der Waals surface area contributed by atoms with Crippen LogP contribution in [0.25, 0.3) is 0 Å². The number of rotatable bonds is 4. The number of carboxylic acids is 1. The second-order valence-electron chi connectivity index (χ2n) is 5.06. The molecule has 1 fully saturated rings. The molecule has 2 heterocycles. The number of carbonyl (C=O) groups is 2. The van der Waals surface area contributed by atoms with Crippen LogP contribution in [0.3, 0.4) is 0 Å². The van der Waals surface area contributed by atoms with Crippen molar-refractivity contribution in [2.45, 2.75) is 25.7 Å². The number of halogens is 1. The molecule has 0 radical (unpaired) electrons. The summed E-state index contributed by atoms with van der Waals surface area (Å²) in [6, 6.07) is 3.26. The van der Waals surface area contributed by atoms with E-state index in [0.717, 1.165) is 12.8 Å². The highest BCUT2D eigenvalue weighted by Crippen LogP contribution is 2.22. The molecule has 0 bridgehead atoms. The molecule has 0 spiro atoms. The lowest BCUT2D eigenvalue weighted by atomic mass is 9.93. The van der Waals surface area contributed by atoms with Crippen molar-refractivity contribution < 1.29 is 14.7 Å². The van der Waals surface area contributed by atoms with Gasteiger partial charge in [0.05, 0.1) is 5.56 Å². The zero-order valence-corrected chi connectivity index (χ0v) is 11.8. The highest BCUT2D eigenvalue weighted by atomic mass is 35.5. The number of carboxylic acid groups (broad SMARTS) is 1. The number of hydrogen-bond donors (Lipinski definition) is 1. The van der Waals surface area contributed by atoms with Gasteiger partial charge in [-0.2, -0.15) is 0 Å². The van der Waals surface area contributed by atoms with Gasteiger partial charge in [0.2, 0.25) is 0 Å². The molecule has 1 amide bonds. The lowest BCUT2D eigenvalue weighted by Crippen LogP contribution is -2.40. The Balaban J connectivity index is 1.96. The first-order chi connectivity index (χ1) is 9.56. The van der Waals surface area contributed by atoms with Gasteiger partial charge >= 0.3 is 5.97 Å². The zero-order valence-electron chi connectivity index (χ0n) is 11.1. The highest BCUT2D eigenvalue weighted by Gasteiger charge is 2.24. The maximum Gasteiger partial charge on any atom is 0.303 e. The minimum absolute atomic E-state index is 0.0609. The van der Waals surface area contributed by atoms with Crippen molar-refractivity contribution in [1.82, 2.24) is 9.88 Å². The van der Waals surface area contributed by atoms with Crippen molar-refractivity contribution in [2.75, 3.05) is 13.1 Å². The van der Waals surface area contributed by atoms with Crippen molar-refractivity contribution in [2.24, 2.45) is 5.92 Å². The van der Waals surface area contributed by atoms with E-state index in [-0.39, 0.29) is 18.2 Å². The molecule has 1 aromatic heterocycles. The summed E-state index contributed by atoms with van der Waals surface area (Å²) in [7, 11) is 0. The third-order valence-corrected chi connectivity index (χ3v) is 3.77. The molecular formula is C14H17ClN2O3. The molecule has 1 unspecified atom stereocenters. The minimum atomic E-state index is -0.782. The van der Waals surface area contributed by atoms with Gasteiger partial charge < -0.3 is 10.0 Å². The molecular weight excluding hydrogens is 280 g/mol. The first-order valence-corrected chi connectivity index (χ1v) is 7.06. The summed E-state index contributed by atoms with van der Waals surface area (Å²) in [5.74, 6) is -0.575. The van der Waals surface area contributed by atoms with Gasteiger partial charge in [-0.3, -0.25) is 9.59 Å². The van der Waals surface area contributed by atoms with Gasteiger partial charge in [-0.25, -0.2) is 4.98 Å². The summed E-state index contributed by atoms with van der Waals surface area (Å²) in [5, 5.41) is 9.08. The zero-order chi connectivity index (χ0) is 14.5. The third-order valence-electron chi connectivity index (χ3n) is 3.55. The van der Waals surface area contributed by atoms with Crippen LogP contribution in [-0.2, 0) is 4.79 Å². The SMILES string of the molecule is O=C(O)CCC1CCCN(C(=O)c2ccc(Cl)nc2)C1. The van der Waals surface area contributed by atoms with Crippen LogP contribution in [0.4, 0.5) is 0 Å². The first-order valence-electron chi connectivity index (χ1n) is 6.69. The second kappa shape index (κ2) is 6.70. The molecule has 0 saturated carbocycles. The molecule has 6 heteroatoms. The van der Waals surface area contributed by atoms with E-state index in [4.69, 9.17) is 16.7 Å². The number of likely N-dealkylation sites (tertiary alicyclic amines) is 1. The first kappa shape index (κ1) is 14.8. The van der Waals surface area contributed by atoms with E-state index in [0.29, 0.717) is 30.2 Å². The van der Waals surface area contributed by atoms with Crippen LogP contribution in [0.2, 0.25) is 5.15 Å². The van der Waals surface area contributed by atoms with E-state index in [2.05, 4.69) is 4.98 Å². The number of pyridine rings is 1. The van der Waals surface area contributed by atoms with Crippen LogP contribution < -0.4 is 0 Å². The molecule has 0 aromatic carbocycles. The smallest absolute Gasteiger partial charge is 0.303 e. The number of hydrogen-bond acceptors (Lipinski definition) is 3. The van der Waals surface area contributed by atoms with Gasteiger partial charge in [0.25, 0.3) is 5.91 Å². The van der Waals surface area contributed by atoms with Crippen molar-refractivity contribution in [3.63, 3.8) is 0 Å². The predicted octanol–water partition coefficient (Wildman–Crippen LogP) is 2.45. The summed E-state index contributed by atoms with van der Waals surface area (Å²) >= 11 is 5.70. The van der Waals surface area contributed by atoms with Crippen LogP contribution in [0.1, 0.15) is 36.0 Å². The molecule has 1 saturated heterocycles. The maximum absolute atomic E-state index is 12.3. The van der Waals surface area contributed by atoms with Crippen LogP contribution in [0.15, 0.2) is 18.3 Å². The van der Waals surface area contributed by atoms with Crippen molar-refractivity contribution in [1.29, 1.82) is 0 Å². The molecule has 20 heavy (non-hydrogen) atoms. The predicted molar refractivity (Wildman–Crippen MR) is 74.7 cm³/mol. The Kier molecular flexibility index (Phi) is 4.95. The Bertz CT molecular complexity index is 490. The molecule has 0 aliphatic carbocycles. The van der Waals surface area contributed by atoms with Gasteiger partial charge in [-0.05, 0) is 37.3 Å². The average Bonchev–Trinajstić information content (AvgIpc) is 2.45. The van der Waals surface area contributed by atoms with E-state index in [1.54, 1.807) is 17.0 Å². The number of aromatic nitrogens is 1. The van der Waals surface area contributed by atoms with Crippen LogP contribution in [-0.4, -0.2) is 40.0 Å². The molecule has 1 aliphatic rings. The van der Waals surface area contributed by atoms with E-state index in [9.17, 15) is 9.59 Å². The number of carbonyl (C=O) groups excluding carboxylic acids is 1. The largest absolute Gasteiger partial charge is 0.481 e. The summed E-state index contributed by atoms with van der Waals surface area (Å²) in [4.78, 5) is 28.6. The molecule has 1 N–H and O–H groups in total. The maximum atomic E-state index is 12.3. The minimum Gasteiger partial charge on any atom is -0.481 e. The van der Waals surface area contributed by atoms with Crippen molar-refractivity contribution >= 4 is 23.5 Å². The average molecular weight is 297 g/mol. The third kappa shape index (κ3) is 3.93. The van der Waals surface area contributed by atoms with Gasteiger partial charge in [0.1, 0.15) is 5.15 Å². The fraction of sp³-hybridized carbons (Fsp3) is 0.500. The van der Waals surface area contributed by atoms with Gasteiger partial charge in [0, 0.05) is 25.7 Å². The Morgan fingerprint density at radius 1 is 1.45 bits per heavy atom.